The Labute approximate surface area is 122 Å². The van der Waals surface area contributed by atoms with Crippen LogP contribution in [0.2, 0.25) is 0 Å². The van der Waals surface area contributed by atoms with Crippen molar-refractivity contribution >= 4 is 5.91 Å². The van der Waals surface area contributed by atoms with Crippen LogP contribution in [0.4, 0.5) is 0 Å². The lowest BCUT2D eigenvalue weighted by molar-refractivity contribution is -0.137. The van der Waals surface area contributed by atoms with E-state index in [-0.39, 0.29) is 5.91 Å². The van der Waals surface area contributed by atoms with E-state index in [1.807, 2.05) is 56.1 Å². The molecule has 2 rings (SSSR count). The highest BCUT2D eigenvalue weighted by atomic mass is 16.2. The third kappa shape index (κ3) is 3.04. The second kappa shape index (κ2) is 5.96. The third-order valence-electron chi connectivity index (χ3n) is 4.64. The Kier molecular flexibility index (Phi) is 4.48. The Hall–Kier alpha value is -1.35. The SMILES string of the molecule is CN(C(=O)C(C)(C)c1ccccc1)C1CCC(N)CC1. The zero-order chi connectivity index (χ0) is 14.8. The molecule has 1 fully saturated rings. The molecule has 1 saturated carbocycles. The Balaban J connectivity index is 2.10. The molecule has 3 heteroatoms. The minimum atomic E-state index is -0.477. The number of rotatable bonds is 3. The second-order valence-corrected chi connectivity index (χ2v) is 6.48. The zero-order valence-corrected chi connectivity index (χ0v) is 12.8. The van der Waals surface area contributed by atoms with Gasteiger partial charge in [0.2, 0.25) is 5.91 Å². The van der Waals surface area contributed by atoms with E-state index in [9.17, 15) is 4.79 Å². The van der Waals surface area contributed by atoms with Crippen molar-refractivity contribution in [2.45, 2.75) is 57.0 Å². The van der Waals surface area contributed by atoms with E-state index < -0.39 is 5.41 Å². The Morgan fingerprint density at radius 1 is 1.15 bits per heavy atom. The molecule has 0 atom stereocenters. The van der Waals surface area contributed by atoms with Crippen LogP contribution in [0.25, 0.3) is 0 Å². The lowest BCUT2D eigenvalue weighted by Gasteiger charge is -2.38. The van der Waals surface area contributed by atoms with Crippen molar-refractivity contribution in [2.75, 3.05) is 7.05 Å². The third-order valence-corrected chi connectivity index (χ3v) is 4.64. The van der Waals surface area contributed by atoms with Crippen molar-refractivity contribution in [1.29, 1.82) is 0 Å². The van der Waals surface area contributed by atoms with E-state index in [2.05, 4.69) is 0 Å². The average molecular weight is 274 g/mol. The molecule has 0 heterocycles. The van der Waals surface area contributed by atoms with Crippen molar-refractivity contribution in [1.82, 2.24) is 4.90 Å². The summed E-state index contributed by atoms with van der Waals surface area (Å²) in [6.45, 7) is 4.02. The zero-order valence-electron chi connectivity index (χ0n) is 12.8. The number of hydrogen-bond donors (Lipinski definition) is 1. The fraction of sp³-hybridized carbons (Fsp3) is 0.588. The lowest BCUT2D eigenvalue weighted by atomic mass is 9.82. The van der Waals surface area contributed by atoms with Gasteiger partial charge in [-0.3, -0.25) is 4.79 Å². The fourth-order valence-electron chi connectivity index (χ4n) is 3.07. The first-order valence-corrected chi connectivity index (χ1v) is 7.51. The summed E-state index contributed by atoms with van der Waals surface area (Å²) in [5, 5.41) is 0. The molecule has 1 aromatic carbocycles. The summed E-state index contributed by atoms with van der Waals surface area (Å²) in [6.07, 6.45) is 4.09. The number of nitrogens with zero attached hydrogens (tertiary/aromatic N) is 1. The molecule has 1 aromatic rings. The summed E-state index contributed by atoms with van der Waals surface area (Å²) in [6, 6.07) is 10.7. The van der Waals surface area contributed by atoms with Gasteiger partial charge in [0, 0.05) is 19.1 Å². The Morgan fingerprint density at radius 3 is 2.25 bits per heavy atom. The maximum atomic E-state index is 12.8. The van der Waals surface area contributed by atoms with Gasteiger partial charge in [-0.1, -0.05) is 30.3 Å². The van der Waals surface area contributed by atoms with Crippen LogP contribution in [0.1, 0.15) is 45.1 Å². The molecule has 0 spiro atoms. The maximum Gasteiger partial charge on any atom is 0.232 e. The van der Waals surface area contributed by atoms with Gasteiger partial charge >= 0.3 is 0 Å². The molecule has 0 aliphatic heterocycles. The van der Waals surface area contributed by atoms with Crippen LogP contribution in [0.15, 0.2) is 30.3 Å². The fourth-order valence-corrected chi connectivity index (χ4v) is 3.07. The molecule has 1 aliphatic rings. The van der Waals surface area contributed by atoms with Gasteiger partial charge in [-0.15, -0.1) is 0 Å². The number of carbonyl (C=O) groups is 1. The van der Waals surface area contributed by atoms with Crippen LogP contribution in [0.5, 0.6) is 0 Å². The first-order chi connectivity index (χ1) is 9.43. The van der Waals surface area contributed by atoms with Crippen molar-refractivity contribution in [3.63, 3.8) is 0 Å². The summed E-state index contributed by atoms with van der Waals surface area (Å²) < 4.78 is 0. The van der Waals surface area contributed by atoms with Crippen LogP contribution >= 0.6 is 0 Å². The van der Waals surface area contributed by atoms with Crippen molar-refractivity contribution in [3.05, 3.63) is 35.9 Å². The number of hydrogen-bond acceptors (Lipinski definition) is 2. The van der Waals surface area contributed by atoms with E-state index in [0.29, 0.717) is 12.1 Å². The maximum absolute atomic E-state index is 12.8. The predicted octanol–water partition coefficient (Wildman–Crippen LogP) is 2.69. The summed E-state index contributed by atoms with van der Waals surface area (Å²) >= 11 is 0. The van der Waals surface area contributed by atoms with Gasteiger partial charge in [0.15, 0.2) is 0 Å². The number of carbonyl (C=O) groups excluding carboxylic acids is 1. The molecule has 0 radical (unpaired) electrons. The van der Waals surface area contributed by atoms with Crippen molar-refractivity contribution < 1.29 is 4.79 Å². The van der Waals surface area contributed by atoms with Crippen molar-refractivity contribution in [3.8, 4) is 0 Å². The van der Waals surface area contributed by atoms with Crippen LogP contribution < -0.4 is 5.73 Å². The second-order valence-electron chi connectivity index (χ2n) is 6.48. The standard InChI is InChI=1S/C17H26N2O/c1-17(2,13-7-5-4-6-8-13)16(20)19(3)15-11-9-14(18)10-12-15/h4-8,14-15H,9-12,18H2,1-3H3. The van der Waals surface area contributed by atoms with Gasteiger partial charge in [-0.2, -0.15) is 0 Å². The molecule has 1 amide bonds. The van der Waals surface area contributed by atoms with E-state index >= 15 is 0 Å². The van der Waals surface area contributed by atoms with Gasteiger partial charge in [-0.25, -0.2) is 0 Å². The molecule has 0 bridgehead atoms. The first kappa shape index (κ1) is 15.0. The summed E-state index contributed by atoms with van der Waals surface area (Å²) in [7, 11) is 1.94. The van der Waals surface area contributed by atoms with Crippen LogP contribution in [0.3, 0.4) is 0 Å². The molecule has 0 unspecified atom stereocenters. The number of likely N-dealkylation sites (N-methyl/N-ethyl adjacent to an activating group) is 1. The largest absolute Gasteiger partial charge is 0.342 e. The van der Waals surface area contributed by atoms with Crippen LogP contribution in [-0.4, -0.2) is 29.9 Å². The first-order valence-electron chi connectivity index (χ1n) is 7.51. The summed E-state index contributed by atoms with van der Waals surface area (Å²) in [5.74, 6) is 0.198. The van der Waals surface area contributed by atoms with Gasteiger partial charge < -0.3 is 10.6 Å². The van der Waals surface area contributed by atoms with Gasteiger partial charge in [0.05, 0.1) is 5.41 Å². The molecule has 2 N–H and O–H groups in total. The summed E-state index contributed by atoms with van der Waals surface area (Å²) in [4.78, 5) is 14.8. The number of benzene rings is 1. The highest BCUT2D eigenvalue weighted by Gasteiger charge is 2.35. The van der Waals surface area contributed by atoms with Crippen LogP contribution in [0, 0.1) is 0 Å². The Morgan fingerprint density at radius 2 is 1.70 bits per heavy atom. The highest BCUT2D eigenvalue weighted by molar-refractivity contribution is 5.87. The van der Waals surface area contributed by atoms with Gasteiger partial charge in [-0.05, 0) is 45.1 Å². The van der Waals surface area contributed by atoms with E-state index in [1.165, 1.54) is 0 Å². The molecule has 0 saturated heterocycles. The average Bonchev–Trinajstić information content (AvgIpc) is 2.47. The molecular formula is C17H26N2O. The van der Waals surface area contributed by atoms with Crippen LogP contribution in [-0.2, 0) is 10.2 Å². The molecular weight excluding hydrogens is 248 g/mol. The molecule has 0 aromatic heterocycles. The Bertz CT molecular complexity index is 447. The quantitative estimate of drug-likeness (QED) is 0.921. The molecule has 20 heavy (non-hydrogen) atoms. The normalized spacial score (nSPS) is 23.4. The predicted molar refractivity (Wildman–Crippen MR) is 82.5 cm³/mol. The number of amides is 1. The molecule has 3 nitrogen and oxygen atoms in total. The van der Waals surface area contributed by atoms with E-state index in [0.717, 1.165) is 31.2 Å². The van der Waals surface area contributed by atoms with Gasteiger partial charge in [0.1, 0.15) is 0 Å². The number of nitrogens with two attached hydrogens (primary N) is 1. The summed E-state index contributed by atoms with van der Waals surface area (Å²) in [5.41, 5.74) is 6.54. The monoisotopic (exact) mass is 274 g/mol. The topological polar surface area (TPSA) is 46.3 Å². The van der Waals surface area contributed by atoms with Gasteiger partial charge in [0.25, 0.3) is 0 Å². The van der Waals surface area contributed by atoms with E-state index in [4.69, 9.17) is 5.73 Å². The highest BCUT2D eigenvalue weighted by Crippen LogP contribution is 2.29. The molecule has 110 valence electrons. The van der Waals surface area contributed by atoms with E-state index in [1.54, 1.807) is 0 Å². The lowest BCUT2D eigenvalue weighted by Crippen LogP contribution is -2.48. The minimum Gasteiger partial charge on any atom is -0.342 e. The smallest absolute Gasteiger partial charge is 0.232 e. The minimum absolute atomic E-state index is 0.198. The van der Waals surface area contributed by atoms with Crippen molar-refractivity contribution in [2.24, 2.45) is 5.73 Å². The molecule has 1 aliphatic carbocycles.